The molecule has 2 aromatic carbocycles. The lowest BCUT2D eigenvalue weighted by atomic mass is 10.1. The molecule has 144 valence electrons. The number of ether oxygens (including phenoxy) is 2. The third-order valence-corrected chi connectivity index (χ3v) is 3.91. The van der Waals surface area contributed by atoms with Crippen LogP contribution in [0.4, 0.5) is 4.39 Å². The Bertz CT molecular complexity index is 915. The number of rotatable bonds is 8. The topological polar surface area (TPSA) is 73.3 Å². The number of hydrogen-bond donors (Lipinski definition) is 1. The van der Waals surface area contributed by atoms with Crippen LogP contribution in [0.5, 0.6) is 11.6 Å². The molecule has 6 nitrogen and oxygen atoms in total. The van der Waals surface area contributed by atoms with Gasteiger partial charge in [0.25, 0.3) is 5.91 Å². The van der Waals surface area contributed by atoms with Crippen molar-refractivity contribution in [2.45, 2.75) is 6.92 Å². The van der Waals surface area contributed by atoms with Crippen molar-refractivity contribution in [2.75, 3.05) is 19.8 Å². The van der Waals surface area contributed by atoms with Crippen LogP contribution in [0, 0.1) is 12.7 Å². The lowest BCUT2D eigenvalue weighted by Crippen LogP contribution is -2.32. The van der Waals surface area contributed by atoms with Crippen molar-refractivity contribution in [2.24, 2.45) is 0 Å². The van der Waals surface area contributed by atoms with E-state index in [1.165, 1.54) is 12.1 Å². The number of aromatic nitrogens is 2. The fourth-order valence-electron chi connectivity index (χ4n) is 2.43. The Balaban J connectivity index is 1.38. The Labute approximate surface area is 162 Å². The number of para-hydroxylation sites is 1. The third kappa shape index (κ3) is 5.51. The fraction of sp³-hybridized carbons (Fsp3) is 0.190. The summed E-state index contributed by atoms with van der Waals surface area (Å²) >= 11 is 0. The van der Waals surface area contributed by atoms with E-state index in [1.54, 1.807) is 24.3 Å². The number of carbonyl (C=O) groups excluding carboxylic acids is 1. The highest BCUT2D eigenvalue weighted by Gasteiger charge is 2.05. The van der Waals surface area contributed by atoms with Crippen LogP contribution in [0.25, 0.3) is 11.3 Å². The molecule has 0 fully saturated rings. The molecular weight excluding hydrogens is 361 g/mol. The summed E-state index contributed by atoms with van der Waals surface area (Å²) in [4.78, 5) is 11.8. The quantitative estimate of drug-likeness (QED) is 0.607. The Hall–Kier alpha value is -3.48. The second-order valence-electron chi connectivity index (χ2n) is 6.02. The molecule has 3 rings (SSSR count). The van der Waals surface area contributed by atoms with Gasteiger partial charge >= 0.3 is 0 Å². The molecule has 1 N–H and O–H groups in total. The number of hydrogen-bond acceptors (Lipinski definition) is 5. The molecule has 0 unspecified atom stereocenters. The molecule has 0 saturated heterocycles. The summed E-state index contributed by atoms with van der Waals surface area (Å²) in [6.45, 7) is 2.43. The van der Waals surface area contributed by atoms with E-state index in [9.17, 15) is 9.18 Å². The smallest absolute Gasteiger partial charge is 0.258 e. The molecule has 28 heavy (non-hydrogen) atoms. The number of nitrogens with zero attached hydrogens (tertiary/aromatic N) is 2. The number of amides is 1. The van der Waals surface area contributed by atoms with Gasteiger partial charge in [-0.15, -0.1) is 10.2 Å². The molecular formula is C21H20FN3O3. The first kappa shape index (κ1) is 19.3. The third-order valence-electron chi connectivity index (χ3n) is 3.91. The van der Waals surface area contributed by atoms with Crippen molar-refractivity contribution < 1.29 is 18.7 Å². The molecule has 1 aromatic heterocycles. The largest absolute Gasteiger partial charge is 0.484 e. The highest BCUT2D eigenvalue weighted by molar-refractivity contribution is 5.77. The van der Waals surface area contributed by atoms with E-state index < -0.39 is 0 Å². The summed E-state index contributed by atoms with van der Waals surface area (Å²) in [6.07, 6.45) is 0. The Kier molecular flexibility index (Phi) is 6.51. The van der Waals surface area contributed by atoms with Crippen LogP contribution in [0.15, 0.2) is 60.7 Å². The molecule has 0 saturated carbocycles. The van der Waals surface area contributed by atoms with Crippen LogP contribution in [-0.4, -0.2) is 35.9 Å². The summed E-state index contributed by atoms with van der Waals surface area (Å²) in [6, 6.07) is 16.9. The van der Waals surface area contributed by atoms with Crippen LogP contribution in [0.1, 0.15) is 5.56 Å². The number of halogens is 1. The lowest BCUT2D eigenvalue weighted by Gasteiger charge is -2.10. The summed E-state index contributed by atoms with van der Waals surface area (Å²) in [7, 11) is 0. The molecule has 0 aliphatic carbocycles. The van der Waals surface area contributed by atoms with E-state index in [4.69, 9.17) is 9.47 Å². The van der Waals surface area contributed by atoms with E-state index in [0.717, 1.165) is 11.1 Å². The monoisotopic (exact) mass is 381 g/mol. The molecule has 0 bridgehead atoms. The van der Waals surface area contributed by atoms with Gasteiger partial charge in [-0.3, -0.25) is 4.79 Å². The van der Waals surface area contributed by atoms with Gasteiger partial charge < -0.3 is 14.8 Å². The molecule has 0 aliphatic heterocycles. The first-order valence-electron chi connectivity index (χ1n) is 8.79. The maximum atomic E-state index is 13.0. The second-order valence-corrected chi connectivity index (χ2v) is 6.02. The number of nitrogens with one attached hydrogen (secondary N) is 1. The lowest BCUT2D eigenvalue weighted by molar-refractivity contribution is -0.123. The minimum absolute atomic E-state index is 0.0585. The van der Waals surface area contributed by atoms with E-state index >= 15 is 0 Å². The second kappa shape index (κ2) is 9.45. The molecule has 0 atom stereocenters. The van der Waals surface area contributed by atoms with Gasteiger partial charge in [0.2, 0.25) is 5.88 Å². The van der Waals surface area contributed by atoms with E-state index in [0.29, 0.717) is 23.9 Å². The average Bonchev–Trinajstić information content (AvgIpc) is 2.72. The van der Waals surface area contributed by atoms with Crippen LogP contribution >= 0.6 is 0 Å². The van der Waals surface area contributed by atoms with Gasteiger partial charge in [-0.05, 0) is 48.9 Å². The SMILES string of the molecule is Cc1ccccc1OCC(=O)NCCOc1ccc(-c2ccc(F)cc2)nn1. The van der Waals surface area contributed by atoms with E-state index in [1.807, 2.05) is 31.2 Å². The summed E-state index contributed by atoms with van der Waals surface area (Å²) in [5.74, 6) is 0.495. The molecule has 3 aromatic rings. The normalized spacial score (nSPS) is 10.4. The average molecular weight is 381 g/mol. The summed E-state index contributed by atoms with van der Waals surface area (Å²) < 4.78 is 23.9. The zero-order valence-electron chi connectivity index (χ0n) is 15.4. The zero-order chi connectivity index (χ0) is 19.8. The minimum Gasteiger partial charge on any atom is -0.484 e. The van der Waals surface area contributed by atoms with Gasteiger partial charge in [-0.1, -0.05) is 18.2 Å². The number of carbonyl (C=O) groups is 1. The van der Waals surface area contributed by atoms with Gasteiger partial charge in [-0.25, -0.2) is 4.39 Å². The zero-order valence-corrected chi connectivity index (χ0v) is 15.4. The van der Waals surface area contributed by atoms with Gasteiger partial charge in [0, 0.05) is 11.6 Å². The summed E-state index contributed by atoms with van der Waals surface area (Å²) in [5.41, 5.74) is 2.36. The molecule has 7 heteroatoms. The molecule has 1 heterocycles. The van der Waals surface area contributed by atoms with Gasteiger partial charge in [0.1, 0.15) is 18.2 Å². The van der Waals surface area contributed by atoms with Crippen LogP contribution in [-0.2, 0) is 4.79 Å². The maximum absolute atomic E-state index is 13.0. The molecule has 0 aliphatic rings. The van der Waals surface area contributed by atoms with Crippen molar-refractivity contribution in [3.05, 3.63) is 72.0 Å². The van der Waals surface area contributed by atoms with E-state index in [-0.39, 0.29) is 24.9 Å². The Morgan fingerprint density at radius 2 is 1.79 bits per heavy atom. The molecule has 1 amide bonds. The first-order valence-corrected chi connectivity index (χ1v) is 8.79. The summed E-state index contributed by atoms with van der Waals surface area (Å²) in [5, 5.41) is 10.7. The van der Waals surface area contributed by atoms with Crippen LogP contribution in [0.2, 0.25) is 0 Å². The van der Waals surface area contributed by atoms with Gasteiger partial charge in [0.15, 0.2) is 6.61 Å². The van der Waals surface area contributed by atoms with Gasteiger partial charge in [-0.2, -0.15) is 0 Å². The predicted octanol–water partition coefficient (Wildman–Crippen LogP) is 3.17. The predicted molar refractivity (Wildman–Crippen MR) is 103 cm³/mol. The molecule has 0 radical (unpaired) electrons. The van der Waals surface area contributed by atoms with E-state index in [2.05, 4.69) is 15.5 Å². The highest BCUT2D eigenvalue weighted by Crippen LogP contribution is 2.18. The maximum Gasteiger partial charge on any atom is 0.258 e. The standard InChI is InChI=1S/C21H20FN3O3/c1-15-4-2-3-5-19(15)28-14-20(26)23-12-13-27-21-11-10-18(24-25-21)16-6-8-17(22)9-7-16/h2-11H,12-14H2,1H3,(H,23,26). The minimum atomic E-state index is -0.303. The molecule has 0 spiro atoms. The number of aryl methyl sites for hydroxylation is 1. The number of benzene rings is 2. The highest BCUT2D eigenvalue weighted by atomic mass is 19.1. The van der Waals surface area contributed by atoms with Crippen molar-refractivity contribution in [3.63, 3.8) is 0 Å². The van der Waals surface area contributed by atoms with Crippen LogP contribution < -0.4 is 14.8 Å². The fourth-order valence-corrected chi connectivity index (χ4v) is 2.43. The van der Waals surface area contributed by atoms with Crippen molar-refractivity contribution in [3.8, 4) is 22.9 Å². The van der Waals surface area contributed by atoms with Crippen molar-refractivity contribution in [1.29, 1.82) is 0 Å². The Morgan fingerprint density at radius 3 is 2.50 bits per heavy atom. The van der Waals surface area contributed by atoms with Crippen LogP contribution in [0.3, 0.4) is 0 Å². The van der Waals surface area contributed by atoms with Gasteiger partial charge in [0.05, 0.1) is 12.2 Å². The first-order chi connectivity index (χ1) is 13.6. The van der Waals surface area contributed by atoms with Crippen molar-refractivity contribution in [1.82, 2.24) is 15.5 Å². The van der Waals surface area contributed by atoms with Crippen molar-refractivity contribution >= 4 is 5.91 Å². The Morgan fingerprint density at radius 1 is 1.00 bits per heavy atom.